The van der Waals surface area contributed by atoms with Gasteiger partial charge in [0.2, 0.25) is 0 Å². The molecule has 1 aliphatic carbocycles. The number of hydrogen-bond donors (Lipinski definition) is 0. The van der Waals surface area contributed by atoms with Crippen LogP contribution >= 0.6 is 0 Å². The fourth-order valence-electron chi connectivity index (χ4n) is 7.43. The monoisotopic (exact) mass is 463 g/mol. The molecular formula is C35H29N. The van der Waals surface area contributed by atoms with E-state index in [1.54, 1.807) is 0 Å². The third-order valence-corrected chi connectivity index (χ3v) is 8.73. The number of nitrogens with zero attached hydrogens (tertiary/aromatic N) is 1. The standard InChI is InChI=1S/C35H29N/c1-34(2,3)36-28-16-9-7-12-21(28)25-19-26-30-24(33(25)36)18-17-20-11-10-14-23(29(20)30)31-22-13-6-8-15-27(22)35(4,5)32(26)31/h6-19H,1-5H3. The highest BCUT2D eigenvalue weighted by molar-refractivity contribution is 6.34. The topological polar surface area (TPSA) is 4.93 Å². The molecule has 0 saturated heterocycles. The summed E-state index contributed by atoms with van der Waals surface area (Å²) in [4.78, 5) is 0. The van der Waals surface area contributed by atoms with E-state index in [1.165, 1.54) is 76.4 Å². The molecule has 0 amide bonds. The summed E-state index contributed by atoms with van der Waals surface area (Å²) in [6, 6.07) is 32.1. The molecule has 0 atom stereocenters. The molecule has 0 radical (unpaired) electrons. The van der Waals surface area contributed by atoms with Crippen molar-refractivity contribution in [3.63, 3.8) is 0 Å². The second-order valence-electron chi connectivity index (χ2n) is 12.2. The van der Waals surface area contributed by atoms with E-state index in [9.17, 15) is 0 Å². The highest BCUT2D eigenvalue weighted by Crippen LogP contribution is 2.57. The molecule has 6 aromatic carbocycles. The Morgan fingerprint density at radius 1 is 0.639 bits per heavy atom. The number of rotatable bonds is 0. The molecule has 0 bridgehead atoms. The molecule has 1 aromatic heterocycles. The Labute approximate surface area is 211 Å². The first-order chi connectivity index (χ1) is 17.3. The Morgan fingerprint density at radius 2 is 1.39 bits per heavy atom. The van der Waals surface area contributed by atoms with E-state index in [0.29, 0.717) is 0 Å². The van der Waals surface area contributed by atoms with E-state index >= 15 is 0 Å². The fourth-order valence-corrected chi connectivity index (χ4v) is 7.43. The van der Waals surface area contributed by atoms with E-state index in [-0.39, 0.29) is 11.0 Å². The Hall–Kier alpha value is -3.84. The van der Waals surface area contributed by atoms with Crippen LogP contribution in [0.5, 0.6) is 0 Å². The van der Waals surface area contributed by atoms with Gasteiger partial charge in [-0.25, -0.2) is 0 Å². The second kappa shape index (κ2) is 6.28. The zero-order valence-electron chi connectivity index (χ0n) is 21.5. The zero-order valence-corrected chi connectivity index (χ0v) is 21.5. The van der Waals surface area contributed by atoms with Crippen LogP contribution in [0.15, 0.2) is 84.9 Å². The molecule has 0 unspecified atom stereocenters. The average Bonchev–Trinajstić information content (AvgIpc) is 3.33. The predicted octanol–water partition coefficient (Wildman–Crippen LogP) is 9.75. The molecular weight excluding hydrogens is 434 g/mol. The van der Waals surface area contributed by atoms with Crippen LogP contribution in [0.2, 0.25) is 0 Å². The van der Waals surface area contributed by atoms with Gasteiger partial charge < -0.3 is 4.57 Å². The molecule has 0 saturated carbocycles. The van der Waals surface area contributed by atoms with Gasteiger partial charge in [-0.05, 0) is 82.1 Å². The number of fused-ring (bicyclic) bond motifs is 9. The largest absolute Gasteiger partial charge is 0.335 e. The minimum atomic E-state index is -0.0649. The maximum absolute atomic E-state index is 2.57. The van der Waals surface area contributed by atoms with Crippen molar-refractivity contribution in [2.45, 2.75) is 45.6 Å². The lowest BCUT2D eigenvalue weighted by Crippen LogP contribution is -2.21. The van der Waals surface area contributed by atoms with Crippen LogP contribution in [0.25, 0.3) is 65.3 Å². The van der Waals surface area contributed by atoms with Gasteiger partial charge in [-0.2, -0.15) is 0 Å². The Balaban J connectivity index is 1.74. The van der Waals surface area contributed by atoms with Crippen LogP contribution in [0.4, 0.5) is 0 Å². The van der Waals surface area contributed by atoms with Crippen molar-refractivity contribution in [1.29, 1.82) is 0 Å². The minimum Gasteiger partial charge on any atom is -0.335 e. The lowest BCUT2D eigenvalue weighted by molar-refractivity contribution is 0.424. The van der Waals surface area contributed by atoms with Crippen molar-refractivity contribution in [3.05, 3.63) is 96.1 Å². The van der Waals surface area contributed by atoms with E-state index in [2.05, 4.69) is 124 Å². The van der Waals surface area contributed by atoms with Gasteiger partial charge in [-0.3, -0.25) is 0 Å². The SMILES string of the molecule is CC1(C)c2ccccc2-c2c1c1cc3c4ccccc4n(C(C)(C)C)c3c3ccc4cccc2c4c13. The van der Waals surface area contributed by atoms with Crippen molar-refractivity contribution in [2.24, 2.45) is 0 Å². The fraction of sp³-hybridized carbons (Fsp3) is 0.200. The van der Waals surface area contributed by atoms with Crippen LogP contribution < -0.4 is 0 Å². The maximum Gasteiger partial charge on any atom is 0.0576 e. The molecule has 0 spiro atoms. The van der Waals surface area contributed by atoms with Crippen molar-refractivity contribution in [1.82, 2.24) is 4.57 Å². The van der Waals surface area contributed by atoms with Gasteiger partial charge in [0.05, 0.1) is 5.52 Å². The van der Waals surface area contributed by atoms with E-state index in [4.69, 9.17) is 0 Å². The summed E-state index contributed by atoms with van der Waals surface area (Å²) in [7, 11) is 0. The van der Waals surface area contributed by atoms with E-state index in [1.807, 2.05) is 0 Å². The molecule has 1 heterocycles. The highest BCUT2D eigenvalue weighted by atomic mass is 15.0. The van der Waals surface area contributed by atoms with E-state index in [0.717, 1.165) is 0 Å². The summed E-state index contributed by atoms with van der Waals surface area (Å²) in [6.45, 7) is 11.8. The quantitative estimate of drug-likeness (QED) is 0.197. The lowest BCUT2D eigenvalue weighted by Gasteiger charge is -2.27. The third kappa shape index (κ3) is 2.23. The first-order valence-electron chi connectivity index (χ1n) is 13.1. The summed E-state index contributed by atoms with van der Waals surface area (Å²) in [6.07, 6.45) is 0. The normalized spacial score (nSPS) is 15.0. The maximum atomic E-state index is 2.57. The van der Waals surface area contributed by atoms with Crippen molar-refractivity contribution >= 4 is 54.1 Å². The molecule has 8 rings (SSSR count). The highest BCUT2D eigenvalue weighted by Gasteiger charge is 2.39. The molecule has 1 nitrogen and oxygen atoms in total. The molecule has 1 aliphatic rings. The molecule has 7 aromatic rings. The molecule has 0 N–H and O–H groups in total. The molecule has 1 heteroatoms. The smallest absolute Gasteiger partial charge is 0.0576 e. The number of benzene rings is 6. The minimum absolute atomic E-state index is 0.0400. The summed E-state index contributed by atoms with van der Waals surface area (Å²) in [5, 5.41) is 11.0. The van der Waals surface area contributed by atoms with Crippen LogP contribution in [0, 0.1) is 0 Å². The number of hydrogen-bond acceptors (Lipinski definition) is 0. The predicted molar refractivity (Wildman–Crippen MR) is 156 cm³/mol. The van der Waals surface area contributed by atoms with Crippen LogP contribution in [-0.4, -0.2) is 4.57 Å². The van der Waals surface area contributed by atoms with Crippen LogP contribution in [0.1, 0.15) is 45.7 Å². The number of para-hydroxylation sites is 1. The summed E-state index contributed by atoms with van der Waals surface area (Å²) < 4.78 is 2.57. The van der Waals surface area contributed by atoms with Gasteiger partial charge >= 0.3 is 0 Å². The Morgan fingerprint density at radius 3 is 2.22 bits per heavy atom. The molecule has 174 valence electrons. The van der Waals surface area contributed by atoms with Gasteiger partial charge in [-0.1, -0.05) is 86.6 Å². The lowest BCUT2D eigenvalue weighted by atomic mass is 9.78. The molecule has 0 fully saturated rings. The molecule has 0 aliphatic heterocycles. The summed E-state index contributed by atoms with van der Waals surface area (Å²) in [5.74, 6) is 0. The first-order valence-corrected chi connectivity index (χ1v) is 13.1. The second-order valence-corrected chi connectivity index (χ2v) is 12.2. The van der Waals surface area contributed by atoms with Crippen LogP contribution in [0.3, 0.4) is 0 Å². The van der Waals surface area contributed by atoms with Crippen molar-refractivity contribution in [2.75, 3.05) is 0 Å². The molecule has 36 heavy (non-hydrogen) atoms. The summed E-state index contributed by atoms with van der Waals surface area (Å²) in [5.41, 5.74) is 8.31. The average molecular weight is 464 g/mol. The van der Waals surface area contributed by atoms with Crippen LogP contribution in [-0.2, 0) is 11.0 Å². The Kier molecular flexibility index (Phi) is 3.55. The van der Waals surface area contributed by atoms with Crippen molar-refractivity contribution < 1.29 is 0 Å². The van der Waals surface area contributed by atoms with E-state index < -0.39 is 0 Å². The van der Waals surface area contributed by atoms with Gasteiger partial charge in [-0.15, -0.1) is 0 Å². The zero-order chi connectivity index (χ0) is 24.6. The summed E-state index contributed by atoms with van der Waals surface area (Å²) >= 11 is 0. The number of aromatic nitrogens is 1. The van der Waals surface area contributed by atoms with Crippen molar-refractivity contribution in [3.8, 4) is 11.1 Å². The Bertz CT molecular complexity index is 2040. The van der Waals surface area contributed by atoms with Gasteiger partial charge in [0.25, 0.3) is 0 Å². The first kappa shape index (κ1) is 20.4. The van der Waals surface area contributed by atoms with Gasteiger partial charge in [0.15, 0.2) is 0 Å². The third-order valence-electron chi connectivity index (χ3n) is 8.73. The van der Waals surface area contributed by atoms with Gasteiger partial charge in [0.1, 0.15) is 0 Å². The van der Waals surface area contributed by atoms with Gasteiger partial charge in [0, 0.05) is 32.6 Å².